The molecule has 0 atom stereocenters. The molecule has 2 nitrogen and oxygen atoms in total. The average Bonchev–Trinajstić information content (AvgIpc) is 2.45. The van der Waals surface area contributed by atoms with Gasteiger partial charge in [-0.05, 0) is 35.4 Å². The van der Waals surface area contributed by atoms with Crippen molar-refractivity contribution in [3.8, 4) is 5.75 Å². The number of rotatable bonds is 4. The van der Waals surface area contributed by atoms with Crippen LogP contribution in [0.5, 0.6) is 5.75 Å². The molecule has 0 heterocycles. The van der Waals surface area contributed by atoms with Crippen molar-refractivity contribution in [1.29, 1.82) is 0 Å². The number of hydrogen-bond donors (Lipinski definition) is 1. The maximum Gasteiger partial charge on any atom is 0.416 e. The van der Waals surface area contributed by atoms with Crippen molar-refractivity contribution < 1.29 is 27.4 Å². The normalized spacial score (nSPS) is 11.5. The summed E-state index contributed by atoms with van der Waals surface area (Å²) in [6.07, 6.45) is -4.38. The summed E-state index contributed by atoms with van der Waals surface area (Å²) in [5, 5.41) is 8.85. The Morgan fingerprint density at radius 3 is 2.10 bits per heavy atom. The van der Waals surface area contributed by atoms with Gasteiger partial charge in [0.25, 0.3) is 0 Å². The fourth-order valence-electron chi connectivity index (χ4n) is 1.71. The highest BCUT2D eigenvalue weighted by molar-refractivity contribution is 5.30. The fraction of sp³-hybridized carbons (Fsp3) is 0.200. The van der Waals surface area contributed by atoms with Crippen LogP contribution in [0.15, 0.2) is 42.5 Å². The monoisotopic (exact) mass is 300 g/mol. The highest BCUT2D eigenvalue weighted by Gasteiger charge is 2.29. The predicted octanol–water partition coefficient (Wildman–Crippen LogP) is 3.92. The third-order valence-corrected chi connectivity index (χ3v) is 2.85. The zero-order chi connectivity index (χ0) is 15.5. The molecule has 0 fully saturated rings. The quantitative estimate of drug-likeness (QED) is 0.867. The van der Waals surface area contributed by atoms with Gasteiger partial charge < -0.3 is 9.84 Å². The molecule has 2 aromatic rings. The highest BCUT2D eigenvalue weighted by atomic mass is 19.4. The Morgan fingerprint density at radius 1 is 0.952 bits per heavy atom. The third kappa shape index (κ3) is 3.95. The van der Waals surface area contributed by atoms with E-state index in [0.717, 1.165) is 18.2 Å². The number of alkyl halides is 3. The Labute approximate surface area is 118 Å². The molecular weight excluding hydrogens is 288 g/mol. The Hall–Kier alpha value is -2.08. The minimum Gasteiger partial charge on any atom is -0.486 e. The van der Waals surface area contributed by atoms with E-state index in [1.807, 2.05) is 0 Å². The highest BCUT2D eigenvalue weighted by Crippen LogP contribution is 2.29. The minimum atomic E-state index is -4.38. The Morgan fingerprint density at radius 2 is 1.57 bits per heavy atom. The molecule has 2 aromatic carbocycles. The Bertz CT molecular complexity index is 606. The van der Waals surface area contributed by atoms with Gasteiger partial charge in [-0.3, -0.25) is 0 Å². The summed E-state index contributed by atoms with van der Waals surface area (Å²) in [4.78, 5) is 0. The number of benzene rings is 2. The lowest BCUT2D eigenvalue weighted by atomic mass is 10.1. The molecule has 0 saturated heterocycles. The minimum absolute atomic E-state index is 0.0212. The van der Waals surface area contributed by atoms with Crippen LogP contribution in [-0.4, -0.2) is 5.11 Å². The third-order valence-electron chi connectivity index (χ3n) is 2.85. The number of hydrogen-bond acceptors (Lipinski definition) is 2. The van der Waals surface area contributed by atoms with E-state index in [9.17, 15) is 17.6 Å². The second kappa shape index (κ2) is 6.13. The molecule has 112 valence electrons. The zero-order valence-electron chi connectivity index (χ0n) is 10.8. The molecular formula is C15H12F4O2. The Balaban J connectivity index is 2.03. The molecule has 2 rings (SSSR count). The molecule has 6 heteroatoms. The molecule has 0 bridgehead atoms. The predicted molar refractivity (Wildman–Crippen MR) is 68.1 cm³/mol. The van der Waals surface area contributed by atoms with Gasteiger partial charge in [0.2, 0.25) is 0 Å². The van der Waals surface area contributed by atoms with Crippen LogP contribution >= 0.6 is 0 Å². The van der Waals surface area contributed by atoms with E-state index in [0.29, 0.717) is 11.1 Å². The summed E-state index contributed by atoms with van der Waals surface area (Å²) in [5.41, 5.74) is 0.160. The fourth-order valence-corrected chi connectivity index (χ4v) is 1.71. The van der Waals surface area contributed by atoms with Gasteiger partial charge in [-0.2, -0.15) is 13.2 Å². The number of aliphatic hydroxyl groups is 1. The van der Waals surface area contributed by atoms with E-state index in [4.69, 9.17) is 9.84 Å². The van der Waals surface area contributed by atoms with Gasteiger partial charge in [-0.25, -0.2) is 4.39 Å². The summed E-state index contributed by atoms with van der Waals surface area (Å²) in [7, 11) is 0. The maximum atomic E-state index is 13.6. The molecule has 1 N–H and O–H groups in total. The number of aliphatic hydroxyl groups excluding tert-OH is 1. The molecule has 0 radical (unpaired) electrons. The van der Waals surface area contributed by atoms with Gasteiger partial charge in [0, 0.05) is 0 Å². The number of halogens is 4. The molecule has 0 unspecified atom stereocenters. The van der Waals surface area contributed by atoms with Gasteiger partial charge in [-0.1, -0.05) is 18.2 Å². The van der Waals surface area contributed by atoms with Crippen molar-refractivity contribution in [2.45, 2.75) is 19.4 Å². The lowest BCUT2D eigenvalue weighted by molar-refractivity contribution is -0.137. The standard InChI is InChI=1S/C15H12F4O2/c16-13-7-11(8-20)3-6-14(13)21-9-10-1-4-12(5-2-10)15(17,18)19/h1-7,20H,8-9H2. The molecule has 0 aliphatic heterocycles. The van der Waals surface area contributed by atoms with Gasteiger partial charge in [0.1, 0.15) is 6.61 Å². The van der Waals surface area contributed by atoms with Crippen LogP contribution in [0.3, 0.4) is 0 Å². The van der Waals surface area contributed by atoms with Crippen LogP contribution in [0.25, 0.3) is 0 Å². The Kier molecular flexibility index (Phi) is 4.47. The first kappa shape index (κ1) is 15.3. The van der Waals surface area contributed by atoms with Crippen LogP contribution in [0.2, 0.25) is 0 Å². The first-order valence-corrected chi connectivity index (χ1v) is 6.08. The number of ether oxygens (including phenoxy) is 1. The summed E-state index contributed by atoms with van der Waals surface area (Å²) >= 11 is 0. The average molecular weight is 300 g/mol. The van der Waals surface area contributed by atoms with Crippen molar-refractivity contribution in [3.05, 3.63) is 65.0 Å². The first-order chi connectivity index (χ1) is 9.90. The SMILES string of the molecule is OCc1ccc(OCc2ccc(C(F)(F)F)cc2)c(F)c1. The van der Waals surface area contributed by atoms with Gasteiger partial charge >= 0.3 is 6.18 Å². The smallest absolute Gasteiger partial charge is 0.416 e. The first-order valence-electron chi connectivity index (χ1n) is 6.08. The van der Waals surface area contributed by atoms with E-state index in [1.54, 1.807) is 0 Å². The van der Waals surface area contributed by atoms with Gasteiger partial charge in [-0.15, -0.1) is 0 Å². The lowest BCUT2D eigenvalue weighted by Crippen LogP contribution is -2.05. The maximum absolute atomic E-state index is 13.6. The molecule has 21 heavy (non-hydrogen) atoms. The van der Waals surface area contributed by atoms with Crippen LogP contribution in [0, 0.1) is 5.82 Å². The van der Waals surface area contributed by atoms with Crippen molar-refractivity contribution in [1.82, 2.24) is 0 Å². The van der Waals surface area contributed by atoms with E-state index in [1.165, 1.54) is 24.3 Å². The summed E-state index contributed by atoms with van der Waals surface area (Å²) in [5.74, 6) is -0.652. The van der Waals surface area contributed by atoms with Crippen molar-refractivity contribution in [3.63, 3.8) is 0 Å². The molecule has 0 aromatic heterocycles. The van der Waals surface area contributed by atoms with Crippen LogP contribution in [0.1, 0.15) is 16.7 Å². The molecule has 0 aliphatic carbocycles. The topological polar surface area (TPSA) is 29.5 Å². The van der Waals surface area contributed by atoms with Crippen molar-refractivity contribution >= 4 is 0 Å². The van der Waals surface area contributed by atoms with Crippen molar-refractivity contribution in [2.24, 2.45) is 0 Å². The lowest BCUT2D eigenvalue weighted by Gasteiger charge is -2.10. The zero-order valence-corrected chi connectivity index (χ0v) is 10.8. The summed E-state index contributed by atoms with van der Waals surface area (Å²) in [6, 6.07) is 8.47. The van der Waals surface area contributed by atoms with E-state index in [2.05, 4.69) is 0 Å². The van der Waals surface area contributed by atoms with Gasteiger partial charge in [0.05, 0.1) is 12.2 Å². The largest absolute Gasteiger partial charge is 0.486 e. The summed E-state index contributed by atoms with van der Waals surface area (Å²) < 4.78 is 56.0. The van der Waals surface area contributed by atoms with Crippen LogP contribution in [0.4, 0.5) is 17.6 Å². The second-order valence-electron chi connectivity index (χ2n) is 4.41. The van der Waals surface area contributed by atoms with Crippen molar-refractivity contribution in [2.75, 3.05) is 0 Å². The van der Waals surface area contributed by atoms with Gasteiger partial charge in [0.15, 0.2) is 11.6 Å². The van der Waals surface area contributed by atoms with E-state index >= 15 is 0 Å². The molecule has 0 amide bonds. The second-order valence-corrected chi connectivity index (χ2v) is 4.41. The summed E-state index contributed by atoms with van der Waals surface area (Å²) in [6.45, 7) is -0.330. The van der Waals surface area contributed by atoms with Crippen LogP contribution in [-0.2, 0) is 19.4 Å². The van der Waals surface area contributed by atoms with E-state index in [-0.39, 0.29) is 19.0 Å². The molecule has 0 aliphatic rings. The van der Waals surface area contributed by atoms with Crippen LogP contribution < -0.4 is 4.74 Å². The molecule has 0 spiro atoms. The molecule has 0 saturated carbocycles. The van der Waals surface area contributed by atoms with E-state index < -0.39 is 17.6 Å².